The van der Waals surface area contributed by atoms with Crippen LogP contribution in [0.25, 0.3) is 0 Å². The number of rotatable bonds is 5. The molecule has 0 radical (unpaired) electrons. The van der Waals surface area contributed by atoms with Crippen molar-refractivity contribution >= 4 is 10.2 Å². The zero-order valence-electron chi connectivity index (χ0n) is 7.64. The first kappa shape index (κ1) is 14.3. The summed E-state index contributed by atoms with van der Waals surface area (Å²) in [5.41, 5.74) is 0. The molecule has 0 heterocycles. The molecule has 0 rings (SSSR count). The van der Waals surface area contributed by atoms with E-state index < -0.39 is 5.97 Å². The number of ether oxygens (including phenoxy) is 3. The van der Waals surface area contributed by atoms with Crippen LogP contribution >= 0.6 is 0 Å². The van der Waals surface area contributed by atoms with Crippen LogP contribution in [0, 0.1) is 0 Å². The summed E-state index contributed by atoms with van der Waals surface area (Å²) < 4.78 is 15.2. The Bertz CT molecular complexity index is 79.6. The van der Waals surface area contributed by atoms with Gasteiger partial charge < -0.3 is 14.2 Å². The maximum atomic E-state index is 5.05. The molecule has 0 aliphatic rings. The van der Waals surface area contributed by atoms with E-state index in [1.165, 1.54) is 0 Å². The average Bonchev–Trinajstić information content (AvgIpc) is 2.01. The predicted molar refractivity (Wildman–Crippen MR) is 43.1 cm³/mol. The molecule has 3 nitrogen and oxygen atoms in total. The molecule has 0 bridgehead atoms. The summed E-state index contributed by atoms with van der Waals surface area (Å²) in [6.45, 7) is 0. The third kappa shape index (κ3) is 4.40. The molecule has 0 spiro atoms. The molecule has 0 N–H and O–H groups in total. The Morgan fingerprint density at radius 3 is 1.55 bits per heavy atom. The van der Waals surface area contributed by atoms with Crippen LogP contribution in [0.3, 0.4) is 0 Å². The predicted octanol–water partition coefficient (Wildman–Crippen LogP) is -0.249. The minimum Gasteiger partial charge on any atom is -0.331 e. The molecule has 0 fully saturated rings. The smallest absolute Gasteiger partial charge is 0.281 e. The van der Waals surface area contributed by atoms with Crippen LogP contribution in [0.1, 0.15) is 6.42 Å². The van der Waals surface area contributed by atoms with Crippen molar-refractivity contribution in [2.75, 3.05) is 21.3 Å². The Morgan fingerprint density at radius 2 is 1.45 bits per heavy atom. The molecule has 0 aliphatic heterocycles. The van der Waals surface area contributed by atoms with Gasteiger partial charge in [-0.15, -0.1) is 0 Å². The van der Waals surface area contributed by atoms with Gasteiger partial charge >= 0.3 is 0 Å². The van der Waals surface area contributed by atoms with Gasteiger partial charge in [-0.3, -0.25) is 0 Å². The van der Waals surface area contributed by atoms with E-state index in [2.05, 4.69) is 0 Å². The molecule has 0 aliphatic carbocycles. The van der Waals surface area contributed by atoms with Crippen LogP contribution in [0.2, 0.25) is 6.04 Å². The van der Waals surface area contributed by atoms with Gasteiger partial charge in [0.05, 0.1) is 0 Å². The Morgan fingerprint density at radius 1 is 1.09 bits per heavy atom. The first-order valence-electron chi connectivity index (χ1n) is 3.40. The summed E-state index contributed by atoms with van der Waals surface area (Å²) in [7, 11) is 5.91. The molecular weight excluding hydrogens is 196 g/mol. The van der Waals surface area contributed by atoms with Crippen LogP contribution < -0.4 is 0 Å². The van der Waals surface area contributed by atoms with Crippen LogP contribution in [-0.4, -0.2) is 37.5 Å². The van der Waals surface area contributed by atoms with Gasteiger partial charge in [-0.1, -0.05) is 6.04 Å². The van der Waals surface area contributed by atoms with Gasteiger partial charge in [0.2, 0.25) is 0 Å². The van der Waals surface area contributed by atoms with E-state index in [1.807, 2.05) is 0 Å². The molecule has 5 heteroatoms. The molecule has 66 valence electrons. The summed E-state index contributed by atoms with van der Waals surface area (Å²) in [5.74, 6) is -0.790. The number of methoxy groups -OCH3 is 3. The Balaban J connectivity index is 0. The summed E-state index contributed by atoms with van der Waals surface area (Å²) in [6, 6.07) is 1.11. The zero-order chi connectivity index (χ0) is 8.04. The van der Waals surface area contributed by atoms with E-state index >= 15 is 0 Å². The van der Waals surface area contributed by atoms with Crippen LogP contribution in [-0.2, 0) is 35.9 Å². The topological polar surface area (TPSA) is 27.7 Å². The molecule has 0 atom stereocenters. The molecule has 0 aromatic heterocycles. The Hall–Kier alpha value is 0.811. The third-order valence-electron chi connectivity index (χ3n) is 1.49. The standard InChI is InChI=1S/C6H16O3Si.Ti/c1-7-6(8-2,9-3)4-5-10;/h4-5H2,1-3,10H3;. The summed E-state index contributed by atoms with van der Waals surface area (Å²) in [6.07, 6.45) is 0.808. The fraction of sp³-hybridized carbons (Fsp3) is 1.00. The van der Waals surface area contributed by atoms with Crippen molar-refractivity contribution in [3.05, 3.63) is 0 Å². The summed E-state index contributed by atoms with van der Waals surface area (Å²) in [5, 5.41) is 0. The van der Waals surface area contributed by atoms with Crippen molar-refractivity contribution < 1.29 is 35.9 Å². The zero-order valence-corrected chi connectivity index (χ0v) is 11.2. The largest absolute Gasteiger partial charge is 0.331 e. The maximum absolute atomic E-state index is 5.05. The fourth-order valence-electron chi connectivity index (χ4n) is 0.862. The maximum Gasteiger partial charge on any atom is 0.281 e. The van der Waals surface area contributed by atoms with Crippen LogP contribution in [0.4, 0.5) is 0 Å². The van der Waals surface area contributed by atoms with Crippen molar-refractivity contribution in [1.82, 2.24) is 0 Å². The normalized spacial score (nSPS) is 11.2. The SMILES string of the molecule is COC(CC[SiH3])(OC)OC.[Ti]. The summed E-state index contributed by atoms with van der Waals surface area (Å²) in [4.78, 5) is 0. The van der Waals surface area contributed by atoms with Gasteiger partial charge in [-0.25, -0.2) is 0 Å². The average molecular weight is 212 g/mol. The van der Waals surface area contributed by atoms with Gasteiger partial charge in [-0.05, 0) is 0 Å². The van der Waals surface area contributed by atoms with E-state index in [1.54, 1.807) is 21.3 Å². The van der Waals surface area contributed by atoms with Gasteiger partial charge in [0.15, 0.2) is 0 Å². The second-order valence-electron chi connectivity index (χ2n) is 2.05. The third-order valence-corrected chi connectivity index (χ3v) is 1.99. The van der Waals surface area contributed by atoms with Crippen molar-refractivity contribution in [3.63, 3.8) is 0 Å². The minimum absolute atomic E-state index is 0. The first-order valence-corrected chi connectivity index (χ1v) is 4.81. The second kappa shape index (κ2) is 7.46. The van der Waals surface area contributed by atoms with Crippen LogP contribution in [0.15, 0.2) is 0 Å². The van der Waals surface area contributed by atoms with Gasteiger partial charge in [0, 0.05) is 59.7 Å². The molecule has 0 aromatic rings. The van der Waals surface area contributed by atoms with Crippen molar-refractivity contribution in [1.29, 1.82) is 0 Å². The minimum atomic E-state index is -0.790. The monoisotopic (exact) mass is 212 g/mol. The molecule has 0 unspecified atom stereocenters. The van der Waals surface area contributed by atoms with E-state index in [-0.39, 0.29) is 21.7 Å². The first-order chi connectivity index (χ1) is 4.74. The van der Waals surface area contributed by atoms with E-state index in [0.29, 0.717) is 0 Å². The molecule has 0 saturated carbocycles. The van der Waals surface area contributed by atoms with Crippen LogP contribution in [0.5, 0.6) is 0 Å². The molecular formula is C6H16O3SiTi. The van der Waals surface area contributed by atoms with Crippen molar-refractivity contribution in [2.24, 2.45) is 0 Å². The fourth-order valence-corrected chi connectivity index (χ4v) is 1.47. The number of hydrogen-bond acceptors (Lipinski definition) is 3. The molecule has 11 heavy (non-hydrogen) atoms. The second-order valence-corrected chi connectivity index (χ2v) is 3.05. The van der Waals surface area contributed by atoms with E-state index in [0.717, 1.165) is 22.7 Å². The van der Waals surface area contributed by atoms with Gasteiger partial charge in [0.1, 0.15) is 0 Å². The molecule has 0 saturated heterocycles. The van der Waals surface area contributed by atoms with Gasteiger partial charge in [0.25, 0.3) is 5.97 Å². The summed E-state index contributed by atoms with van der Waals surface area (Å²) >= 11 is 0. The molecule has 0 amide bonds. The Kier molecular flexibility index (Phi) is 9.73. The van der Waals surface area contributed by atoms with E-state index in [4.69, 9.17) is 14.2 Å². The van der Waals surface area contributed by atoms with Crippen molar-refractivity contribution in [3.8, 4) is 0 Å². The van der Waals surface area contributed by atoms with Gasteiger partial charge in [-0.2, -0.15) is 0 Å². The number of hydrogen-bond donors (Lipinski definition) is 0. The molecule has 0 aromatic carbocycles. The Labute approximate surface area is 86.1 Å². The van der Waals surface area contributed by atoms with E-state index in [9.17, 15) is 0 Å². The quantitative estimate of drug-likeness (QED) is 0.464. The van der Waals surface area contributed by atoms with Crippen molar-refractivity contribution in [2.45, 2.75) is 18.4 Å².